The fourth-order valence-corrected chi connectivity index (χ4v) is 3.67. The van der Waals surface area contributed by atoms with Gasteiger partial charge < -0.3 is 14.2 Å². The molecule has 1 heterocycles. The van der Waals surface area contributed by atoms with Gasteiger partial charge in [0.2, 0.25) is 5.91 Å². The van der Waals surface area contributed by atoms with Crippen molar-refractivity contribution in [2.24, 2.45) is 0 Å². The number of ether oxygens (including phenoxy) is 1. The number of amides is 1. The van der Waals surface area contributed by atoms with E-state index in [-0.39, 0.29) is 17.4 Å². The second kappa shape index (κ2) is 8.69. The standard InChI is InChI=1S/C18H22F2N4O2S/c1-3-24-16(13-6-7-13)21-22-18(24)27-11-15(25)23(2)10-12-4-8-14(9-5-12)26-17(19)20/h4-5,8-9,13,17H,3,6-7,10-11H2,1-2H3. The predicted octanol–water partition coefficient (Wildman–Crippen LogP) is 3.53. The zero-order valence-corrected chi connectivity index (χ0v) is 16.1. The van der Waals surface area contributed by atoms with Crippen molar-refractivity contribution in [2.45, 2.75) is 50.5 Å². The smallest absolute Gasteiger partial charge is 0.387 e. The van der Waals surface area contributed by atoms with Gasteiger partial charge in [-0.05, 0) is 37.5 Å². The van der Waals surface area contributed by atoms with Crippen LogP contribution in [0.5, 0.6) is 5.75 Å². The van der Waals surface area contributed by atoms with Gasteiger partial charge in [0.25, 0.3) is 0 Å². The fraction of sp³-hybridized carbons (Fsp3) is 0.500. The molecule has 6 nitrogen and oxygen atoms in total. The molecule has 9 heteroatoms. The van der Waals surface area contributed by atoms with Crippen LogP contribution in [0.1, 0.15) is 37.1 Å². The first-order chi connectivity index (χ1) is 13.0. The van der Waals surface area contributed by atoms with Crippen molar-refractivity contribution >= 4 is 17.7 Å². The SMILES string of the molecule is CCn1c(SCC(=O)N(C)Cc2ccc(OC(F)F)cc2)nnc1C1CC1. The quantitative estimate of drug-likeness (QED) is 0.607. The Bertz CT molecular complexity index is 778. The second-order valence-electron chi connectivity index (χ2n) is 6.42. The molecule has 1 aliphatic carbocycles. The van der Waals surface area contributed by atoms with Crippen LogP contribution in [0.15, 0.2) is 29.4 Å². The first-order valence-electron chi connectivity index (χ1n) is 8.81. The molecule has 0 N–H and O–H groups in total. The maximum Gasteiger partial charge on any atom is 0.387 e. The van der Waals surface area contributed by atoms with Crippen LogP contribution in [-0.2, 0) is 17.9 Å². The summed E-state index contributed by atoms with van der Waals surface area (Å²) in [5, 5.41) is 9.27. The van der Waals surface area contributed by atoms with Gasteiger partial charge in [0.15, 0.2) is 5.16 Å². The van der Waals surface area contributed by atoms with Gasteiger partial charge in [-0.1, -0.05) is 23.9 Å². The number of carbonyl (C=O) groups excluding carboxylic acids is 1. The molecular formula is C18H22F2N4O2S. The summed E-state index contributed by atoms with van der Waals surface area (Å²) < 4.78 is 30.8. The number of halogens is 2. The van der Waals surface area contributed by atoms with E-state index in [1.54, 1.807) is 24.1 Å². The van der Waals surface area contributed by atoms with E-state index in [1.165, 1.54) is 23.9 Å². The summed E-state index contributed by atoms with van der Waals surface area (Å²) in [7, 11) is 1.71. The molecule has 27 heavy (non-hydrogen) atoms. The van der Waals surface area contributed by atoms with Gasteiger partial charge in [-0.2, -0.15) is 8.78 Å². The maximum atomic E-state index is 12.4. The van der Waals surface area contributed by atoms with Crippen molar-refractivity contribution in [2.75, 3.05) is 12.8 Å². The summed E-state index contributed by atoms with van der Waals surface area (Å²) in [5.41, 5.74) is 0.838. The number of nitrogens with zero attached hydrogens (tertiary/aromatic N) is 4. The van der Waals surface area contributed by atoms with Crippen LogP contribution in [0.25, 0.3) is 0 Å². The molecule has 0 aliphatic heterocycles. The van der Waals surface area contributed by atoms with Gasteiger partial charge in [0, 0.05) is 26.1 Å². The van der Waals surface area contributed by atoms with Gasteiger partial charge in [-0.25, -0.2) is 0 Å². The number of alkyl halides is 2. The average Bonchev–Trinajstić information content (AvgIpc) is 3.40. The lowest BCUT2D eigenvalue weighted by atomic mass is 10.2. The third kappa shape index (κ3) is 5.18. The van der Waals surface area contributed by atoms with E-state index >= 15 is 0 Å². The van der Waals surface area contributed by atoms with E-state index in [1.807, 2.05) is 0 Å². The molecular weight excluding hydrogens is 374 g/mol. The minimum atomic E-state index is -2.84. The summed E-state index contributed by atoms with van der Waals surface area (Å²) in [6.45, 7) is 0.386. The average molecular weight is 396 g/mol. The van der Waals surface area contributed by atoms with Crippen LogP contribution in [0.2, 0.25) is 0 Å². The van der Waals surface area contributed by atoms with E-state index in [0.29, 0.717) is 12.5 Å². The van der Waals surface area contributed by atoms with Gasteiger partial charge in [0.05, 0.1) is 5.75 Å². The topological polar surface area (TPSA) is 60.2 Å². The lowest BCUT2D eigenvalue weighted by molar-refractivity contribution is -0.127. The summed E-state index contributed by atoms with van der Waals surface area (Å²) in [5.74, 6) is 1.87. The van der Waals surface area contributed by atoms with E-state index in [9.17, 15) is 13.6 Å². The summed E-state index contributed by atoms with van der Waals surface area (Å²) in [6.07, 6.45) is 2.32. The first kappa shape index (κ1) is 19.6. The highest BCUT2D eigenvalue weighted by Gasteiger charge is 2.30. The molecule has 0 atom stereocenters. The fourth-order valence-electron chi connectivity index (χ4n) is 2.72. The van der Waals surface area contributed by atoms with Crippen molar-refractivity contribution in [3.8, 4) is 5.75 Å². The second-order valence-corrected chi connectivity index (χ2v) is 7.36. The molecule has 1 fully saturated rings. The molecule has 0 saturated heterocycles. The number of thioether (sulfide) groups is 1. The Balaban J connectivity index is 1.52. The van der Waals surface area contributed by atoms with Gasteiger partial charge >= 0.3 is 6.61 Å². The van der Waals surface area contributed by atoms with E-state index in [2.05, 4.69) is 26.4 Å². The van der Waals surface area contributed by atoms with Crippen molar-refractivity contribution in [3.63, 3.8) is 0 Å². The Hall–Kier alpha value is -2.16. The maximum absolute atomic E-state index is 12.4. The number of hydrogen-bond donors (Lipinski definition) is 0. The largest absolute Gasteiger partial charge is 0.435 e. The Morgan fingerprint density at radius 1 is 1.33 bits per heavy atom. The molecule has 1 aromatic carbocycles. The van der Waals surface area contributed by atoms with E-state index < -0.39 is 6.61 Å². The Morgan fingerprint density at radius 2 is 2.04 bits per heavy atom. The molecule has 1 saturated carbocycles. The summed E-state index contributed by atoms with van der Waals surface area (Å²) in [4.78, 5) is 14.0. The van der Waals surface area contributed by atoms with Crippen LogP contribution in [0.4, 0.5) is 8.78 Å². The zero-order chi connectivity index (χ0) is 19.4. The number of benzene rings is 1. The van der Waals surface area contributed by atoms with Crippen LogP contribution in [0, 0.1) is 0 Å². The zero-order valence-electron chi connectivity index (χ0n) is 15.3. The molecule has 0 radical (unpaired) electrons. The Kier molecular flexibility index (Phi) is 6.30. The minimum absolute atomic E-state index is 0.0356. The van der Waals surface area contributed by atoms with Crippen LogP contribution < -0.4 is 4.74 Å². The van der Waals surface area contributed by atoms with Gasteiger partial charge in [0.1, 0.15) is 11.6 Å². The molecule has 1 aromatic heterocycles. The predicted molar refractivity (Wildman–Crippen MR) is 97.9 cm³/mol. The van der Waals surface area contributed by atoms with E-state index in [4.69, 9.17) is 0 Å². The lowest BCUT2D eigenvalue weighted by Crippen LogP contribution is -2.27. The van der Waals surface area contributed by atoms with Crippen LogP contribution in [0.3, 0.4) is 0 Å². The normalized spacial score (nSPS) is 13.8. The highest BCUT2D eigenvalue weighted by Crippen LogP contribution is 2.39. The summed E-state index contributed by atoms with van der Waals surface area (Å²) in [6, 6.07) is 6.28. The number of aromatic nitrogens is 3. The highest BCUT2D eigenvalue weighted by atomic mass is 32.2. The van der Waals surface area contributed by atoms with Crippen LogP contribution in [-0.4, -0.2) is 45.0 Å². The van der Waals surface area contributed by atoms with Gasteiger partial charge in [-0.15, -0.1) is 10.2 Å². The van der Waals surface area contributed by atoms with Crippen LogP contribution >= 0.6 is 11.8 Å². The van der Waals surface area contributed by atoms with Gasteiger partial charge in [-0.3, -0.25) is 4.79 Å². The third-order valence-corrected chi connectivity index (χ3v) is 5.27. The lowest BCUT2D eigenvalue weighted by Gasteiger charge is -2.17. The molecule has 0 bridgehead atoms. The third-order valence-electron chi connectivity index (χ3n) is 4.32. The molecule has 146 valence electrons. The van der Waals surface area contributed by atoms with E-state index in [0.717, 1.165) is 35.9 Å². The van der Waals surface area contributed by atoms with Crippen molar-refractivity contribution in [3.05, 3.63) is 35.7 Å². The molecule has 1 amide bonds. The van der Waals surface area contributed by atoms with Crippen molar-refractivity contribution in [1.82, 2.24) is 19.7 Å². The minimum Gasteiger partial charge on any atom is -0.435 e. The number of carbonyl (C=O) groups is 1. The number of hydrogen-bond acceptors (Lipinski definition) is 5. The van der Waals surface area contributed by atoms with Crippen molar-refractivity contribution in [1.29, 1.82) is 0 Å². The Labute approximate surface area is 160 Å². The summed E-state index contributed by atoms with van der Waals surface area (Å²) >= 11 is 1.39. The molecule has 0 unspecified atom stereocenters. The first-order valence-corrected chi connectivity index (χ1v) is 9.80. The molecule has 1 aliphatic rings. The molecule has 2 aromatic rings. The highest BCUT2D eigenvalue weighted by molar-refractivity contribution is 7.99. The number of rotatable bonds is 9. The molecule has 0 spiro atoms. The Morgan fingerprint density at radius 3 is 2.63 bits per heavy atom. The van der Waals surface area contributed by atoms with Crippen molar-refractivity contribution < 1.29 is 18.3 Å². The monoisotopic (exact) mass is 396 g/mol. The molecule has 3 rings (SSSR count).